The molecule has 0 radical (unpaired) electrons. The van der Waals surface area contributed by atoms with Crippen LogP contribution in [0.1, 0.15) is 102 Å². The molecule has 4 fully saturated rings. The lowest BCUT2D eigenvalue weighted by Gasteiger charge is -2.38. The monoisotopic (exact) mass is 711 g/mol. The second kappa shape index (κ2) is 15.9. The zero-order valence-electron chi connectivity index (χ0n) is 30.4. The summed E-state index contributed by atoms with van der Waals surface area (Å²) < 4.78 is 36.2. The molecule has 3 aliphatic carbocycles. The summed E-state index contributed by atoms with van der Waals surface area (Å²) in [6.45, 7) is 5.48. The fourth-order valence-electron chi connectivity index (χ4n) is 8.38. The number of fused-ring (bicyclic) bond motifs is 1. The number of nitrogens with zero attached hydrogens (tertiary/aromatic N) is 1. The summed E-state index contributed by atoms with van der Waals surface area (Å²) >= 11 is 0. The third-order valence-electron chi connectivity index (χ3n) is 11.3. The first-order valence-electron chi connectivity index (χ1n) is 18.8. The molecule has 1 aromatic carbocycles. The number of halogens is 1. The Kier molecular flexibility index (Phi) is 11.6. The molecule has 3 atom stereocenters. The molecular weight excluding hydrogens is 657 g/mol. The molecule has 4 aliphatic rings. The van der Waals surface area contributed by atoms with Gasteiger partial charge < -0.3 is 34.2 Å². The fraction of sp³-hybridized carbons (Fsp3) is 0.692. The molecular formula is C39H54FN3O8. The van der Waals surface area contributed by atoms with Crippen molar-refractivity contribution in [3.63, 3.8) is 0 Å². The standard InChI is InChI=1S/C39H54FN3O8/c1-39(2,3)51-38(47)42-31(21-40)25-7-9-26(10-8-25)36(45)43-18-17-30(24-11-14-29(48-4)15-12-24)34(43)35(44)41-28-13-16-32-27(19-28)20-33(50-32)37(46)49-22-23-5-6-23/h13,16,19-20,23-26,29-31,34H,5-12,14-15,17-18,21-22H2,1-4H3,(H,41,44)(H,42,47)/t24?,25?,26?,29?,30-,31+,34-/m0/s1. The highest BCUT2D eigenvalue weighted by Crippen LogP contribution is 2.42. The van der Waals surface area contributed by atoms with Gasteiger partial charge in [0.25, 0.3) is 0 Å². The molecule has 280 valence electrons. The van der Waals surface area contributed by atoms with E-state index in [1.807, 2.05) is 0 Å². The number of anilines is 1. The molecule has 1 aliphatic heterocycles. The summed E-state index contributed by atoms with van der Waals surface area (Å²) in [5.74, 6) is -0.249. The number of hydrogen-bond donors (Lipinski definition) is 2. The van der Waals surface area contributed by atoms with Crippen LogP contribution in [-0.4, -0.2) is 79.5 Å². The second-order valence-corrected chi connectivity index (χ2v) is 16.1. The van der Waals surface area contributed by atoms with Crippen LogP contribution >= 0.6 is 0 Å². The topological polar surface area (TPSA) is 136 Å². The van der Waals surface area contributed by atoms with Crippen molar-refractivity contribution in [2.45, 2.75) is 115 Å². The van der Waals surface area contributed by atoms with E-state index in [0.29, 0.717) is 67.3 Å². The average Bonchev–Trinajstić information content (AvgIpc) is 3.67. The van der Waals surface area contributed by atoms with Crippen molar-refractivity contribution in [2.75, 3.05) is 32.3 Å². The first kappa shape index (κ1) is 37.1. The van der Waals surface area contributed by atoms with Gasteiger partial charge in [0, 0.05) is 30.6 Å². The van der Waals surface area contributed by atoms with Crippen LogP contribution in [0, 0.1) is 29.6 Å². The van der Waals surface area contributed by atoms with E-state index < -0.39 is 36.4 Å². The summed E-state index contributed by atoms with van der Waals surface area (Å²) in [4.78, 5) is 55.1. The number of likely N-dealkylation sites (tertiary alicyclic amines) is 1. The van der Waals surface area contributed by atoms with Gasteiger partial charge >= 0.3 is 12.1 Å². The highest BCUT2D eigenvalue weighted by atomic mass is 19.1. The number of furan rings is 1. The van der Waals surface area contributed by atoms with Crippen LogP contribution in [0.25, 0.3) is 11.0 Å². The summed E-state index contributed by atoms with van der Waals surface area (Å²) in [6.07, 6.45) is 8.54. The highest BCUT2D eigenvalue weighted by molar-refractivity contribution is 6.00. The van der Waals surface area contributed by atoms with Gasteiger partial charge in [0.15, 0.2) is 0 Å². The Morgan fingerprint density at radius 1 is 0.961 bits per heavy atom. The number of ether oxygens (including phenoxy) is 3. The van der Waals surface area contributed by atoms with Gasteiger partial charge in [-0.2, -0.15) is 0 Å². The molecule has 0 spiro atoms. The van der Waals surface area contributed by atoms with Crippen LogP contribution in [0.2, 0.25) is 0 Å². The van der Waals surface area contributed by atoms with E-state index in [1.54, 1.807) is 57.0 Å². The minimum atomic E-state index is -0.708. The van der Waals surface area contributed by atoms with E-state index >= 15 is 0 Å². The first-order chi connectivity index (χ1) is 24.4. The van der Waals surface area contributed by atoms with Crippen LogP contribution in [0.5, 0.6) is 0 Å². The molecule has 1 saturated heterocycles. The van der Waals surface area contributed by atoms with Crippen LogP contribution in [-0.2, 0) is 23.8 Å². The van der Waals surface area contributed by atoms with Gasteiger partial charge in [-0.15, -0.1) is 0 Å². The third kappa shape index (κ3) is 9.23. The quantitative estimate of drug-likeness (QED) is 0.237. The van der Waals surface area contributed by atoms with Gasteiger partial charge in [0.1, 0.15) is 23.9 Å². The van der Waals surface area contributed by atoms with Crippen LogP contribution in [0.15, 0.2) is 28.7 Å². The number of alkyl carbamates (subject to hydrolysis) is 1. The lowest BCUT2D eigenvalue weighted by molar-refractivity contribution is -0.142. The minimum Gasteiger partial charge on any atom is -0.460 e. The van der Waals surface area contributed by atoms with E-state index in [2.05, 4.69) is 10.6 Å². The number of amides is 3. The Labute approximate surface area is 299 Å². The number of alkyl halides is 1. The Balaban J connectivity index is 1.13. The maximum Gasteiger partial charge on any atom is 0.407 e. The predicted molar refractivity (Wildman–Crippen MR) is 189 cm³/mol. The third-order valence-corrected chi connectivity index (χ3v) is 11.3. The molecule has 6 rings (SSSR count). The molecule has 3 saturated carbocycles. The molecule has 3 amide bonds. The maximum absolute atomic E-state index is 14.3. The summed E-state index contributed by atoms with van der Waals surface area (Å²) in [5.41, 5.74) is 0.389. The average molecular weight is 712 g/mol. The van der Waals surface area contributed by atoms with Gasteiger partial charge in [-0.3, -0.25) is 9.59 Å². The number of methoxy groups -OCH3 is 1. The maximum atomic E-state index is 14.3. The van der Waals surface area contributed by atoms with Crippen molar-refractivity contribution in [1.29, 1.82) is 0 Å². The summed E-state index contributed by atoms with van der Waals surface area (Å²) in [5, 5.41) is 6.46. The molecule has 0 bridgehead atoms. The Morgan fingerprint density at radius 3 is 2.33 bits per heavy atom. The lowest BCUT2D eigenvalue weighted by atomic mass is 9.75. The number of carbonyl (C=O) groups is 4. The van der Waals surface area contributed by atoms with E-state index in [-0.39, 0.29) is 41.4 Å². The summed E-state index contributed by atoms with van der Waals surface area (Å²) in [6, 6.07) is 5.59. The zero-order chi connectivity index (χ0) is 36.3. The number of rotatable bonds is 11. The highest BCUT2D eigenvalue weighted by Gasteiger charge is 2.47. The molecule has 1 aromatic heterocycles. The normalized spacial score (nSPS) is 27.5. The minimum absolute atomic E-state index is 0.0162. The van der Waals surface area contributed by atoms with Crippen molar-refractivity contribution in [1.82, 2.24) is 10.2 Å². The van der Waals surface area contributed by atoms with E-state index in [1.165, 1.54) is 0 Å². The number of carbonyl (C=O) groups excluding carboxylic acids is 4. The first-order valence-corrected chi connectivity index (χ1v) is 18.8. The van der Waals surface area contributed by atoms with Gasteiger partial charge in [0.05, 0.1) is 18.8 Å². The number of benzene rings is 1. The van der Waals surface area contributed by atoms with Gasteiger partial charge in [-0.25, -0.2) is 14.0 Å². The zero-order valence-corrected chi connectivity index (χ0v) is 30.4. The molecule has 0 unspecified atom stereocenters. The Morgan fingerprint density at radius 2 is 1.69 bits per heavy atom. The summed E-state index contributed by atoms with van der Waals surface area (Å²) in [7, 11) is 1.74. The van der Waals surface area contributed by atoms with Crippen molar-refractivity contribution in [2.24, 2.45) is 29.6 Å². The number of nitrogens with one attached hydrogen (secondary N) is 2. The molecule has 2 N–H and O–H groups in total. The van der Waals surface area contributed by atoms with Gasteiger partial charge in [-0.1, -0.05) is 0 Å². The van der Waals surface area contributed by atoms with E-state index in [9.17, 15) is 23.6 Å². The number of esters is 1. The van der Waals surface area contributed by atoms with Crippen molar-refractivity contribution >= 4 is 40.5 Å². The van der Waals surface area contributed by atoms with Gasteiger partial charge in [-0.05, 0) is 139 Å². The second-order valence-electron chi connectivity index (χ2n) is 16.1. The van der Waals surface area contributed by atoms with Crippen LogP contribution < -0.4 is 10.6 Å². The smallest absolute Gasteiger partial charge is 0.407 e. The lowest BCUT2D eigenvalue weighted by Crippen LogP contribution is -2.50. The fourth-order valence-corrected chi connectivity index (χ4v) is 8.38. The Hall–Kier alpha value is -3.67. The molecule has 12 heteroatoms. The molecule has 2 heterocycles. The number of hydrogen-bond acceptors (Lipinski definition) is 8. The van der Waals surface area contributed by atoms with Gasteiger partial charge in [0.2, 0.25) is 17.6 Å². The largest absolute Gasteiger partial charge is 0.460 e. The van der Waals surface area contributed by atoms with Crippen molar-refractivity contribution in [3.8, 4) is 0 Å². The Bertz CT molecular complexity index is 1550. The van der Waals surface area contributed by atoms with E-state index in [4.69, 9.17) is 18.6 Å². The molecule has 2 aromatic rings. The molecule has 51 heavy (non-hydrogen) atoms. The molecule has 11 nitrogen and oxygen atoms in total. The predicted octanol–water partition coefficient (Wildman–Crippen LogP) is 7.03. The van der Waals surface area contributed by atoms with E-state index in [0.717, 1.165) is 44.9 Å². The van der Waals surface area contributed by atoms with Crippen molar-refractivity contribution in [3.05, 3.63) is 30.0 Å². The van der Waals surface area contributed by atoms with Crippen LogP contribution in [0.3, 0.4) is 0 Å². The van der Waals surface area contributed by atoms with Crippen molar-refractivity contribution < 1.29 is 42.2 Å². The van der Waals surface area contributed by atoms with Crippen LogP contribution in [0.4, 0.5) is 14.9 Å². The SMILES string of the molecule is COC1CCC([C@@H]2CCN(C(=O)C3CCC([C@@H](CF)NC(=O)OC(C)(C)C)CC3)[C@@H]2C(=O)Nc2ccc3oc(C(=O)OCC4CC4)cc3c2)CC1.